The summed E-state index contributed by atoms with van der Waals surface area (Å²) in [6.45, 7) is 12.6. The number of rotatable bonds is 10. The van der Waals surface area contributed by atoms with Gasteiger partial charge in [0.2, 0.25) is 0 Å². The molecule has 4 aromatic carbocycles. The summed E-state index contributed by atoms with van der Waals surface area (Å²) in [6.07, 6.45) is 0. The van der Waals surface area contributed by atoms with E-state index in [2.05, 4.69) is 22.0 Å². The molecule has 46 heavy (non-hydrogen) atoms. The summed E-state index contributed by atoms with van der Waals surface area (Å²) < 4.78 is 50.8. The lowest BCUT2D eigenvalue weighted by molar-refractivity contribution is -0.0151. The highest BCUT2D eigenvalue weighted by molar-refractivity contribution is 9.08. The van der Waals surface area contributed by atoms with E-state index in [4.69, 9.17) is 18.9 Å². The van der Waals surface area contributed by atoms with Gasteiger partial charge in [0.1, 0.15) is 23.1 Å². The van der Waals surface area contributed by atoms with Crippen molar-refractivity contribution in [2.75, 3.05) is 14.2 Å². The zero-order valence-electron chi connectivity index (χ0n) is 28.0. The molecule has 5 nitrogen and oxygen atoms in total. The lowest BCUT2D eigenvalue weighted by Crippen LogP contribution is -2.19. The quantitative estimate of drug-likeness (QED) is 0.167. The molecule has 1 N–H and O–H groups in total. The van der Waals surface area contributed by atoms with E-state index in [1.807, 2.05) is 65.8 Å². The molecule has 4 aromatic rings. The average Bonchev–Trinajstić information content (AvgIpc) is 3.02. The number of aliphatic hydroxyl groups excluding tert-OH is 1. The van der Waals surface area contributed by atoms with Crippen LogP contribution < -0.4 is 9.47 Å². The van der Waals surface area contributed by atoms with Gasteiger partial charge in [-0.05, 0) is 111 Å². The van der Waals surface area contributed by atoms with Crippen LogP contribution in [0.3, 0.4) is 0 Å². The van der Waals surface area contributed by atoms with Crippen LogP contribution in [0, 0.1) is 11.6 Å². The first-order chi connectivity index (χ1) is 21.7. The first-order valence-corrected chi connectivity index (χ1v) is 16.2. The number of ether oxygens (including phenoxy) is 4. The second-order valence-corrected chi connectivity index (χ2v) is 13.3. The van der Waals surface area contributed by atoms with E-state index < -0.39 is 0 Å². The smallest absolute Gasteiger partial charge is 0.131 e. The Labute approximate surface area is 280 Å². The summed E-state index contributed by atoms with van der Waals surface area (Å²) in [7, 11) is 3.13. The molecule has 248 valence electrons. The molecule has 0 saturated carbocycles. The first-order valence-electron chi connectivity index (χ1n) is 15.0. The molecule has 0 heterocycles. The fourth-order valence-corrected chi connectivity index (χ4v) is 4.85. The highest BCUT2D eigenvalue weighted by Crippen LogP contribution is 2.33. The van der Waals surface area contributed by atoms with E-state index >= 15 is 0 Å². The highest BCUT2D eigenvalue weighted by Gasteiger charge is 2.17. The van der Waals surface area contributed by atoms with Gasteiger partial charge in [-0.15, -0.1) is 0 Å². The van der Waals surface area contributed by atoms with Gasteiger partial charge in [0.05, 0.1) is 45.2 Å². The van der Waals surface area contributed by atoms with E-state index in [0.29, 0.717) is 35.8 Å². The molecule has 8 heteroatoms. The number of aliphatic hydroxyl groups is 1. The maximum Gasteiger partial charge on any atom is 0.131 e. The van der Waals surface area contributed by atoms with Crippen molar-refractivity contribution < 1.29 is 32.8 Å². The molecule has 0 aliphatic carbocycles. The fourth-order valence-electron chi connectivity index (χ4n) is 4.50. The average molecular weight is 700 g/mol. The van der Waals surface area contributed by atoms with E-state index in [9.17, 15) is 13.9 Å². The Morgan fingerprint density at radius 3 is 1.37 bits per heavy atom. The van der Waals surface area contributed by atoms with Crippen LogP contribution in [0.2, 0.25) is 0 Å². The SMILES string of the molecule is COc1ccc(F)c(-c2ccc(CBr)cc2COC(C)(C)C)c1.COc1ccc(F)c(-c2ccc(CO)cc2COC(C)(C)C)c1. The van der Waals surface area contributed by atoms with Gasteiger partial charge in [0.25, 0.3) is 0 Å². The predicted molar refractivity (Wildman–Crippen MR) is 184 cm³/mol. The summed E-state index contributed by atoms with van der Waals surface area (Å²) in [6, 6.07) is 20.9. The number of hydrogen-bond donors (Lipinski definition) is 1. The summed E-state index contributed by atoms with van der Waals surface area (Å²) >= 11 is 3.47. The topological polar surface area (TPSA) is 57.2 Å². The molecule has 0 saturated heterocycles. The third-order valence-electron chi connectivity index (χ3n) is 6.92. The Balaban J connectivity index is 0.000000250. The van der Waals surface area contributed by atoms with Gasteiger partial charge >= 0.3 is 0 Å². The Morgan fingerprint density at radius 2 is 1.00 bits per heavy atom. The van der Waals surface area contributed by atoms with Gasteiger partial charge in [0.15, 0.2) is 0 Å². The van der Waals surface area contributed by atoms with Crippen LogP contribution in [0.25, 0.3) is 22.3 Å². The molecule has 0 aromatic heterocycles. The molecular formula is C38H45BrF2O5. The van der Waals surface area contributed by atoms with E-state index in [0.717, 1.165) is 38.7 Å². The third-order valence-corrected chi connectivity index (χ3v) is 7.57. The van der Waals surface area contributed by atoms with Crippen molar-refractivity contribution in [3.05, 3.63) is 107 Å². The molecule has 0 radical (unpaired) electrons. The van der Waals surface area contributed by atoms with Gasteiger partial charge in [-0.3, -0.25) is 0 Å². The van der Waals surface area contributed by atoms with E-state index in [1.54, 1.807) is 44.6 Å². The van der Waals surface area contributed by atoms with Crippen LogP contribution in [0.1, 0.15) is 63.8 Å². The number of hydrogen-bond acceptors (Lipinski definition) is 5. The molecule has 0 spiro atoms. The monoisotopic (exact) mass is 698 g/mol. The van der Waals surface area contributed by atoms with Crippen LogP contribution in [0.5, 0.6) is 11.5 Å². The summed E-state index contributed by atoms with van der Waals surface area (Å²) in [4.78, 5) is 0. The van der Waals surface area contributed by atoms with Crippen molar-refractivity contribution in [1.82, 2.24) is 0 Å². The Hall–Kier alpha value is -3.30. The minimum absolute atomic E-state index is 0.0661. The molecule has 0 unspecified atom stereocenters. The molecule has 0 bridgehead atoms. The molecule has 0 fully saturated rings. The largest absolute Gasteiger partial charge is 0.497 e. The molecule has 0 atom stereocenters. The second-order valence-electron chi connectivity index (χ2n) is 12.8. The lowest BCUT2D eigenvalue weighted by Gasteiger charge is -2.21. The minimum atomic E-state index is -0.320. The van der Waals surface area contributed by atoms with Crippen LogP contribution >= 0.6 is 15.9 Å². The Bertz CT molecular complexity index is 1470. The van der Waals surface area contributed by atoms with Crippen LogP contribution in [-0.2, 0) is 34.6 Å². The normalized spacial score (nSPS) is 11.6. The third kappa shape index (κ3) is 10.9. The van der Waals surface area contributed by atoms with Crippen LogP contribution in [0.15, 0.2) is 72.8 Å². The summed E-state index contributed by atoms with van der Waals surface area (Å²) in [5, 5.41) is 10.1. The summed E-state index contributed by atoms with van der Waals surface area (Å²) in [5.41, 5.74) is 5.68. The Morgan fingerprint density at radius 1 is 0.587 bits per heavy atom. The van der Waals surface area contributed by atoms with Gasteiger partial charge < -0.3 is 24.1 Å². The number of halogens is 3. The van der Waals surface area contributed by atoms with Crippen LogP contribution in [-0.4, -0.2) is 30.5 Å². The second kappa shape index (κ2) is 16.5. The fraction of sp³-hybridized carbons (Fsp3) is 0.368. The van der Waals surface area contributed by atoms with Gasteiger partial charge in [-0.1, -0.05) is 52.3 Å². The van der Waals surface area contributed by atoms with Crippen molar-refractivity contribution in [3.8, 4) is 33.8 Å². The zero-order chi connectivity index (χ0) is 34.1. The van der Waals surface area contributed by atoms with Crippen molar-refractivity contribution in [2.45, 2.75) is 77.9 Å². The van der Waals surface area contributed by atoms with E-state index in [1.165, 1.54) is 12.1 Å². The molecule has 0 aliphatic heterocycles. The van der Waals surface area contributed by atoms with Crippen LogP contribution in [0.4, 0.5) is 8.78 Å². The molecular weight excluding hydrogens is 654 g/mol. The summed E-state index contributed by atoms with van der Waals surface area (Å²) in [5.74, 6) is 0.637. The minimum Gasteiger partial charge on any atom is -0.497 e. The molecule has 4 rings (SSSR count). The number of methoxy groups -OCH3 is 2. The highest BCUT2D eigenvalue weighted by atomic mass is 79.9. The molecule has 0 aliphatic rings. The predicted octanol–water partition coefficient (Wildman–Crippen LogP) is 10.0. The zero-order valence-corrected chi connectivity index (χ0v) is 29.6. The van der Waals surface area contributed by atoms with Crippen molar-refractivity contribution in [2.24, 2.45) is 0 Å². The maximum absolute atomic E-state index is 14.3. The molecule has 0 amide bonds. The van der Waals surface area contributed by atoms with E-state index in [-0.39, 0.29) is 29.4 Å². The first kappa shape index (κ1) is 37.2. The van der Waals surface area contributed by atoms with Gasteiger partial charge in [-0.25, -0.2) is 8.78 Å². The number of alkyl halides is 1. The Kier molecular flexibility index (Phi) is 13.3. The van der Waals surface area contributed by atoms with Crippen molar-refractivity contribution in [3.63, 3.8) is 0 Å². The number of benzene rings is 4. The maximum atomic E-state index is 14.3. The lowest BCUT2D eigenvalue weighted by atomic mass is 9.97. The standard InChI is InChI=1S/C19H22BrFO2.C19H23FO3/c1-19(2,3)23-12-14-9-13(11-20)5-7-16(14)17-10-15(22-4)6-8-18(17)21;1-19(2,3)23-12-14-9-13(11-21)5-7-16(14)17-10-15(22-4)6-8-18(17)20/h5-10H,11-12H2,1-4H3;5-10,21H,11-12H2,1-4H3. The van der Waals surface area contributed by atoms with Crippen molar-refractivity contribution in [1.29, 1.82) is 0 Å². The van der Waals surface area contributed by atoms with Crippen molar-refractivity contribution >= 4 is 15.9 Å². The van der Waals surface area contributed by atoms with Gasteiger partial charge in [0, 0.05) is 16.5 Å². The van der Waals surface area contributed by atoms with Gasteiger partial charge in [-0.2, -0.15) is 0 Å².